The van der Waals surface area contributed by atoms with Crippen molar-refractivity contribution in [3.63, 3.8) is 0 Å². The summed E-state index contributed by atoms with van der Waals surface area (Å²) in [4.78, 5) is 3.30. The molecule has 9 heteroatoms. The molecule has 0 spiro atoms. The van der Waals surface area contributed by atoms with Crippen molar-refractivity contribution in [3.8, 4) is 0 Å². The highest BCUT2D eigenvalue weighted by molar-refractivity contribution is 7.89. The van der Waals surface area contributed by atoms with Gasteiger partial charge in [0.15, 0.2) is 0 Å². The number of halogens is 1. The molecule has 0 radical (unpaired) electrons. The lowest BCUT2D eigenvalue weighted by molar-refractivity contribution is 0.311. The Hall–Kier alpha value is -1.74. The smallest absolute Gasteiger partial charge is 0.244 e. The predicted molar refractivity (Wildman–Crippen MR) is 71.2 cm³/mol. The maximum absolute atomic E-state index is 13.1. The second kappa shape index (κ2) is 6.62. The van der Waals surface area contributed by atoms with Gasteiger partial charge in [0.05, 0.1) is 6.20 Å². The van der Waals surface area contributed by atoms with Gasteiger partial charge in [0, 0.05) is 25.2 Å². The molecule has 0 aliphatic carbocycles. The molecule has 0 saturated carbocycles. The fraction of sp³-hybridized carbons (Fsp3) is 0.455. The summed E-state index contributed by atoms with van der Waals surface area (Å²) in [5, 5.41) is 11.4. The Morgan fingerprint density at radius 1 is 1.60 bits per heavy atom. The van der Waals surface area contributed by atoms with Gasteiger partial charge in [-0.25, -0.2) is 12.8 Å². The molecule has 0 amide bonds. The van der Waals surface area contributed by atoms with Gasteiger partial charge < -0.3 is 10.9 Å². The zero-order chi connectivity index (χ0) is 15.3. The number of hydrogen-bond donors (Lipinski definition) is 2. The third-order valence-corrected chi connectivity index (χ3v) is 4.67. The molecule has 3 N–H and O–H groups in total. The van der Waals surface area contributed by atoms with Crippen LogP contribution in [0.3, 0.4) is 0 Å². The van der Waals surface area contributed by atoms with E-state index in [1.165, 1.54) is 0 Å². The lowest BCUT2D eigenvalue weighted by Gasteiger charge is -2.23. The maximum atomic E-state index is 13.1. The summed E-state index contributed by atoms with van der Waals surface area (Å²) in [5.74, 6) is -1.28. The van der Waals surface area contributed by atoms with Gasteiger partial charge in [-0.2, -0.15) is 4.31 Å². The fourth-order valence-electron chi connectivity index (χ4n) is 1.58. The Bertz CT molecular complexity index is 591. The van der Waals surface area contributed by atoms with Crippen LogP contribution in [0.25, 0.3) is 0 Å². The SMILES string of the molecule is CCN(CC(C)C(N)=NO)S(=O)(=O)c1cncc(F)c1. The summed E-state index contributed by atoms with van der Waals surface area (Å²) in [6.45, 7) is 3.45. The molecule has 7 nitrogen and oxygen atoms in total. The second-order valence-corrected chi connectivity index (χ2v) is 6.16. The third kappa shape index (κ3) is 3.64. The Balaban J connectivity index is 3.05. The molecule has 0 aliphatic rings. The molecule has 0 aliphatic heterocycles. The van der Waals surface area contributed by atoms with Crippen LogP contribution in [0.4, 0.5) is 4.39 Å². The number of sulfonamides is 1. The van der Waals surface area contributed by atoms with Crippen molar-refractivity contribution in [2.45, 2.75) is 18.7 Å². The molecular weight excluding hydrogens is 287 g/mol. The van der Waals surface area contributed by atoms with Crippen LogP contribution in [0.5, 0.6) is 0 Å². The highest BCUT2D eigenvalue weighted by Crippen LogP contribution is 2.17. The van der Waals surface area contributed by atoms with Crippen molar-refractivity contribution in [1.29, 1.82) is 0 Å². The first kappa shape index (κ1) is 16.3. The molecule has 0 fully saturated rings. The van der Waals surface area contributed by atoms with Crippen molar-refractivity contribution >= 4 is 15.9 Å². The number of rotatable bonds is 6. The Morgan fingerprint density at radius 2 is 2.25 bits per heavy atom. The summed E-state index contributed by atoms with van der Waals surface area (Å²) in [7, 11) is -3.87. The number of pyridine rings is 1. The molecule has 0 bridgehead atoms. The maximum Gasteiger partial charge on any atom is 0.244 e. The van der Waals surface area contributed by atoms with Gasteiger partial charge in [-0.15, -0.1) is 0 Å². The van der Waals surface area contributed by atoms with E-state index in [0.717, 1.165) is 22.8 Å². The minimum Gasteiger partial charge on any atom is -0.409 e. The molecule has 1 aromatic heterocycles. The molecule has 1 aromatic rings. The number of hydrogen-bond acceptors (Lipinski definition) is 5. The highest BCUT2D eigenvalue weighted by Gasteiger charge is 2.26. The minimum atomic E-state index is -3.87. The molecule has 112 valence electrons. The lowest BCUT2D eigenvalue weighted by atomic mass is 10.1. The van der Waals surface area contributed by atoms with Gasteiger partial charge >= 0.3 is 0 Å². The number of aromatic nitrogens is 1. The zero-order valence-corrected chi connectivity index (χ0v) is 12.0. The Morgan fingerprint density at radius 3 is 2.75 bits per heavy atom. The summed E-state index contributed by atoms with van der Waals surface area (Å²) in [6.07, 6.45) is 2.00. The standard InChI is InChI=1S/C11H17FN4O3S/c1-3-16(7-8(2)11(13)15-17)20(18,19)10-4-9(12)5-14-6-10/h4-6,8,17H,3,7H2,1-2H3,(H2,13,15). The average Bonchev–Trinajstić information content (AvgIpc) is 2.43. The monoisotopic (exact) mass is 304 g/mol. The third-order valence-electron chi connectivity index (χ3n) is 2.77. The molecule has 0 aromatic carbocycles. The first-order valence-corrected chi connectivity index (χ1v) is 7.35. The fourth-order valence-corrected chi connectivity index (χ4v) is 3.09. The average molecular weight is 304 g/mol. The van der Waals surface area contributed by atoms with Crippen molar-refractivity contribution in [1.82, 2.24) is 9.29 Å². The van der Waals surface area contributed by atoms with Crippen molar-refractivity contribution in [3.05, 3.63) is 24.3 Å². The molecule has 1 unspecified atom stereocenters. The quantitative estimate of drug-likeness (QED) is 0.346. The van der Waals surface area contributed by atoms with Gasteiger partial charge in [-0.3, -0.25) is 4.98 Å². The molecule has 1 heterocycles. The summed E-state index contributed by atoms with van der Waals surface area (Å²) >= 11 is 0. The topological polar surface area (TPSA) is 109 Å². The minimum absolute atomic E-state index is 0.0191. The van der Waals surface area contributed by atoms with Crippen LogP contribution in [0.2, 0.25) is 0 Å². The van der Waals surface area contributed by atoms with Crippen molar-refractivity contribution in [2.24, 2.45) is 16.8 Å². The van der Waals surface area contributed by atoms with Gasteiger partial charge in [0.2, 0.25) is 10.0 Å². The Kier molecular flexibility index (Phi) is 5.40. The molecule has 0 saturated heterocycles. The lowest BCUT2D eigenvalue weighted by Crippen LogP contribution is -2.38. The van der Waals surface area contributed by atoms with Gasteiger partial charge in [0.1, 0.15) is 16.5 Å². The Labute approximate surface area is 117 Å². The van der Waals surface area contributed by atoms with Crippen molar-refractivity contribution < 1.29 is 18.0 Å². The van der Waals surface area contributed by atoms with E-state index in [1.54, 1.807) is 13.8 Å². The van der Waals surface area contributed by atoms with Crippen LogP contribution in [-0.2, 0) is 10.0 Å². The van der Waals surface area contributed by atoms with Crippen molar-refractivity contribution in [2.75, 3.05) is 13.1 Å². The highest BCUT2D eigenvalue weighted by atomic mass is 32.2. The molecular formula is C11H17FN4O3S. The van der Waals surface area contributed by atoms with Crippen LogP contribution >= 0.6 is 0 Å². The number of nitrogens with zero attached hydrogens (tertiary/aromatic N) is 3. The first-order chi connectivity index (χ1) is 9.32. The summed E-state index contributed by atoms with van der Waals surface area (Å²) in [6, 6.07) is 0.902. The van der Waals surface area contributed by atoms with Crippen LogP contribution in [0.1, 0.15) is 13.8 Å². The molecule has 1 atom stereocenters. The van der Waals surface area contributed by atoms with Crippen LogP contribution in [-0.4, -0.2) is 41.8 Å². The van der Waals surface area contributed by atoms with Crippen LogP contribution in [0.15, 0.2) is 28.5 Å². The van der Waals surface area contributed by atoms with Crippen LogP contribution in [0, 0.1) is 11.7 Å². The number of amidine groups is 1. The normalized spacial score (nSPS) is 14.5. The molecule has 1 rings (SSSR count). The number of nitrogens with two attached hydrogens (primary N) is 1. The first-order valence-electron chi connectivity index (χ1n) is 5.91. The summed E-state index contributed by atoms with van der Waals surface area (Å²) in [5.41, 5.74) is 5.43. The van der Waals surface area contributed by atoms with E-state index < -0.39 is 21.8 Å². The van der Waals surface area contributed by atoms with E-state index in [0.29, 0.717) is 0 Å². The number of oxime groups is 1. The molecule has 20 heavy (non-hydrogen) atoms. The van der Waals surface area contributed by atoms with E-state index in [9.17, 15) is 12.8 Å². The largest absolute Gasteiger partial charge is 0.409 e. The van der Waals surface area contributed by atoms with E-state index in [-0.39, 0.29) is 23.8 Å². The van der Waals surface area contributed by atoms with E-state index in [4.69, 9.17) is 10.9 Å². The zero-order valence-electron chi connectivity index (χ0n) is 11.2. The summed E-state index contributed by atoms with van der Waals surface area (Å²) < 4.78 is 38.9. The second-order valence-electron chi connectivity index (χ2n) is 4.22. The van der Waals surface area contributed by atoms with Gasteiger partial charge in [0.25, 0.3) is 0 Å². The van der Waals surface area contributed by atoms with E-state index in [2.05, 4.69) is 10.1 Å². The van der Waals surface area contributed by atoms with E-state index >= 15 is 0 Å². The van der Waals surface area contributed by atoms with Gasteiger partial charge in [-0.05, 0) is 6.07 Å². The van der Waals surface area contributed by atoms with Gasteiger partial charge in [-0.1, -0.05) is 19.0 Å². The van der Waals surface area contributed by atoms with Crippen LogP contribution < -0.4 is 5.73 Å². The predicted octanol–water partition coefficient (Wildman–Crippen LogP) is 0.614. The van der Waals surface area contributed by atoms with E-state index in [1.807, 2.05) is 0 Å².